The second-order valence-electron chi connectivity index (χ2n) is 6.28. The highest BCUT2D eigenvalue weighted by atomic mass is 16.2. The SMILES string of the molecule is N#Cc1ccc(NC(=O)CN2CCN(Cc3ccccc3)CC2)cc1. The van der Waals surface area contributed by atoms with Crippen LogP contribution in [-0.4, -0.2) is 48.4 Å². The van der Waals surface area contributed by atoms with Gasteiger partial charge in [0.2, 0.25) is 5.91 Å². The zero-order valence-electron chi connectivity index (χ0n) is 14.2. The van der Waals surface area contributed by atoms with Gasteiger partial charge in [-0.2, -0.15) is 5.26 Å². The number of anilines is 1. The van der Waals surface area contributed by atoms with Crippen molar-refractivity contribution >= 4 is 11.6 Å². The number of amides is 1. The Morgan fingerprint density at radius 1 is 0.960 bits per heavy atom. The van der Waals surface area contributed by atoms with Crippen molar-refractivity contribution in [2.24, 2.45) is 0 Å². The molecule has 0 atom stereocenters. The summed E-state index contributed by atoms with van der Waals surface area (Å²) in [5.41, 5.74) is 2.65. The van der Waals surface area contributed by atoms with Crippen molar-refractivity contribution in [2.45, 2.75) is 6.54 Å². The topological polar surface area (TPSA) is 59.4 Å². The maximum atomic E-state index is 12.2. The zero-order valence-corrected chi connectivity index (χ0v) is 14.2. The van der Waals surface area contributed by atoms with Crippen LogP contribution in [0.3, 0.4) is 0 Å². The normalized spacial score (nSPS) is 15.5. The molecule has 1 N–H and O–H groups in total. The Bertz CT molecular complexity index is 729. The maximum absolute atomic E-state index is 12.2. The maximum Gasteiger partial charge on any atom is 0.238 e. The van der Waals surface area contributed by atoms with Gasteiger partial charge in [-0.05, 0) is 29.8 Å². The molecule has 3 rings (SSSR count). The van der Waals surface area contributed by atoms with Crippen LogP contribution < -0.4 is 5.32 Å². The van der Waals surface area contributed by atoms with Gasteiger partial charge in [0.15, 0.2) is 0 Å². The number of piperazine rings is 1. The molecule has 0 spiro atoms. The first-order valence-electron chi connectivity index (χ1n) is 8.51. The summed E-state index contributed by atoms with van der Waals surface area (Å²) in [6, 6.07) is 19.5. The first kappa shape index (κ1) is 17.2. The Hall–Kier alpha value is -2.68. The summed E-state index contributed by atoms with van der Waals surface area (Å²) in [6.07, 6.45) is 0. The van der Waals surface area contributed by atoms with Gasteiger partial charge in [0.05, 0.1) is 18.2 Å². The van der Waals surface area contributed by atoms with Gasteiger partial charge in [-0.15, -0.1) is 0 Å². The van der Waals surface area contributed by atoms with Gasteiger partial charge >= 0.3 is 0 Å². The molecule has 5 heteroatoms. The summed E-state index contributed by atoms with van der Waals surface area (Å²) in [5, 5.41) is 11.7. The molecule has 0 unspecified atom stereocenters. The number of nitrogens with zero attached hydrogens (tertiary/aromatic N) is 3. The third kappa shape index (κ3) is 5.15. The number of rotatable bonds is 5. The van der Waals surface area contributed by atoms with Crippen molar-refractivity contribution in [2.75, 3.05) is 38.0 Å². The Morgan fingerprint density at radius 3 is 2.24 bits per heavy atom. The largest absolute Gasteiger partial charge is 0.325 e. The summed E-state index contributed by atoms with van der Waals surface area (Å²) in [7, 11) is 0. The van der Waals surface area contributed by atoms with Crippen molar-refractivity contribution in [3.05, 3.63) is 65.7 Å². The molecule has 2 aromatic carbocycles. The predicted molar refractivity (Wildman–Crippen MR) is 97.9 cm³/mol. The molecule has 0 bridgehead atoms. The minimum atomic E-state index is -0.0128. The van der Waals surface area contributed by atoms with E-state index >= 15 is 0 Å². The molecule has 1 saturated heterocycles. The van der Waals surface area contributed by atoms with Gasteiger partial charge in [0.1, 0.15) is 0 Å². The molecule has 2 aromatic rings. The molecule has 25 heavy (non-hydrogen) atoms. The molecule has 0 radical (unpaired) electrons. The lowest BCUT2D eigenvalue weighted by molar-refractivity contribution is -0.117. The van der Waals surface area contributed by atoms with Gasteiger partial charge < -0.3 is 5.32 Å². The van der Waals surface area contributed by atoms with E-state index in [0.717, 1.165) is 38.4 Å². The highest BCUT2D eigenvalue weighted by molar-refractivity contribution is 5.92. The van der Waals surface area contributed by atoms with E-state index in [9.17, 15) is 4.79 Å². The Kier molecular flexibility index (Phi) is 5.78. The van der Waals surface area contributed by atoms with Crippen LogP contribution in [0.1, 0.15) is 11.1 Å². The number of carbonyl (C=O) groups excluding carboxylic acids is 1. The summed E-state index contributed by atoms with van der Waals surface area (Å²) in [4.78, 5) is 16.8. The molecule has 0 aromatic heterocycles. The molecular weight excluding hydrogens is 312 g/mol. The van der Waals surface area contributed by atoms with Crippen LogP contribution in [0, 0.1) is 11.3 Å². The fraction of sp³-hybridized carbons (Fsp3) is 0.300. The van der Waals surface area contributed by atoms with Crippen molar-refractivity contribution in [3.8, 4) is 6.07 Å². The number of hydrogen-bond acceptors (Lipinski definition) is 4. The van der Waals surface area contributed by atoms with Crippen molar-refractivity contribution < 1.29 is 4.79 Å². The summed E-state index contributed by atoms with van der Waals surface area (Å²) >= 11 is 0. The molecule has 1 amide bonds. The average molecular weight is 334 g/mol. The van der Waals surface area contributed by atoms with E-state index in [1.54, 1.807) is 24.3 Å². The van der Waals surface area contributed by atoms with E-state index in [2.05, 4.69) is 45.5 Å². The molecule has 0 saturated carbocycles. The predicted octanol–water partition coefficient (Wildman–Crippen LogP) is 2.31. The molecule has 5 nitrogen and oxygen atoms in total. The molecular formula is C20H22N4O. The minimum absolute atomic E-state index is 0.0128. The average Bonchev–Trinajstić information content (AvgIpc) is 2.65. The Balaban J connectivity index is 1.42. The Labute approximate surface area is 148 Å². The number of nitriles is 1. The van der Waals surface area contributed by atoms with Gasteiger partial charge in [0.25, 0.3) is 0 Å². The van der Waals surface area contributed by atoms with Crippen LogP contribution in [0.15, 0.2) is 54.6 Å². The third-order valence-corrected chi connectivity index (χ3v) is 4.38. The van der Waals surface area contributed by atoms with Gasteiger partial charge in [-0.25, -0.2) is 0 Å². The monoisotopic (exact) mass is 334 g/mol. The number of carbonyl (C=O) groups is 1. The van der Waals surface area contributed by atoms with Crippen LogP contribution in [-0.2, 0) is 11.3 Å². The van der Waals surface area contributed by atoms with E-state index in [0.29, 0.717) is 12.1 Å². The van der Waals surface area contributed by atoms with Gasteiger partial charge in [0, 0.05) is 38.4 Å². The summed E-state index contributed by atoms with van der Waals surface area (Å²) in [6.45, 7) is 5.10. The molecule has 0 aliphatic carbocycles. The quantitative estimate of drug-likeness (QED) is 0.912. The highest BCUT2D eigenvalue weighted by Gasteiger charge is 2.19. The summed E-state index contributed by atoms with van der Waals surface area (Å²) in [5.74, 6) is -0.0128. The molecule has 1 heterocycles. The van der Waals surface area contributed by atoms with Gasteiger partial charge in [-0.3, -0.25) is 14.6 Å². The minimum Gasteiger partial charge on any atom is -0.325 e. The number of hydrogen-bond donors (Lipinski definition) is 1. The molecule has 1 aliphatic rings. The standard InChI is InChI=1S/C20H22N4O/c21-14-17-6-8-19(9-7-17)22-20(25)16-24-12-10-23(11-13-24)15-18-4-2-1-3-5-18/h1-9H,10-13,15-16H2,(H,22,25). The van der Waals surface area contributed by atoms with Crippen molar-refractivity contribution in [1.29, 1.82) is 5.26 Å². The number of benzene rings is 2. The van der Waals surface area contributed by atoms with E-state index < -0.39 is 0 Å². The third-order valence-electron chi connectivity index (χ3n) is 4.38. The lowest BCUT2D eigenvalue weighted by Crippen LogP contribution is -2.48. The van der Waals surface area contributed by atoms with Crippen molar-refractivity contribution in [3.63, 3.8) is 0 Å². The van der Waals surface area contributed by atoms with Crippen LogP contribution in [0.4, 0.5) is 5.69 Å². The Morgan fingerprint density at radius 2 is 1.60 bits per heavy atom. The van der Waals surface area contributed by atoms with Gasteiger partial charge in [-0.1, -0.05) is 30.3 Å². The first-order valence-corrected chi connectivity index (χ1v) is 8.51. The van der Waals surface area contributed by atoms with Crippen molar-refractivity contribution in [1.82, 2.24) is 9.80 Å². The molecule has 1 fully saturated rings. The van der Waals surface area contributed by atoms with E-state index in [-0.39, 0.29) is 5.91 Å². The van der Waals surface area contributed by atoms with Crippen LogP contribution in [0.5, 0.6) is 0 Å². The fourth-order valence-electron chi connectivity index (χ4n) is 2.98. The zero-order chi connectivity index (χ0) is 17.5. The molecule has 1 aliphatic heterocycles. The van der Waals surface area contributed by atoms with E-state index in [4.69, 9.17) is 5.26 Å². The van der Waals surface area contributed by atoms with Crippen LogP contribution in [0.2, 0.25) is 0 Å². The highest BCUT2D eigenvalue weighted by Crippen LogP contribution is 2.10. The number of nitrogens with one attached hydrogen (secondary N) is 1. The lowest BCUT2D eigenvalue weighted by Gasteiger charge is -2.34. The second kappa shape index (κ2) is 8.43. The lowest BCUT2D eigenvalue weighted by atomic mass is 10.2. The smallest absolute Gasteiger partial charge is 0.238 e. The fourth-order valence-corrected chi connectivity index (χ4v) is 2.98. The summed E-state index contributed by atoms with van der Waals surface area (Å²) < 4.78 is 0. The van der Waals surface area contributed by atoms with Crippen LogP contribution >= 0.6 is 0 Å². The van der Waals surface area contributed by atoms with E-state index in [1.807, 2.05) is 6.07 Å². The molecule has 128 valence electrons. The first-order chi connectivity index (χ1) is 12.2. The second-order valence-corrected chi connectivity index (χ2v) is 6.28. The van der Waals surface area contributed by atoms with E-state index in [1.165, 1.54) is 5.56 Å². The van der Waals surface area contributed by atoms with Crippen LogP contribution in [0.25, 0.3) is 0 Å².